The highest BCUT2D eigenvalue weighted by atomic mass is 35.5. The van der Waals surface area contributed by atoms with Gasteiger partial charge in [0.1, 0.15) is 0 Å². The third-order valence-electron chi connectivity index (χ3n) is 3.74. The Morgan fingerprint density at radius 3 is 2.00 bits per heavy atom. The molecule has 0 saturated carbocycles. The van der Waals surface area contributed by atoms with Crippen molar-refractivity contribution in [1.82, 2.24) is 4.90 Å². The molecule has 1 aromatic carbocycles. The number of carbonyl (C=O) groups excluding carboxylic acids is 1. The van der Waals surface area contributed by atoms with Gasteiger partial charge in [-0.05, 0) is 31.0 Å². The topological polar surface area (TPSA) is 46.3 Å². The summed E-state index contributed by atoms with van der Waals surface area (Å²) in [5.74, 6) is -0.866. The Balaban J connectivity index is 0.00000288. The summed E-state index contributed by atoms with van der Waals surface area (Å²) in [5.41, 5.74) is 1.85. The van der Waals surface area contributed by atoms with Crippen LogP contribution in [0.4, 0.5) is 26.3 Å². The van der Waals surface area contributed by atoms with Crippen LogP contribution >= 0.6 is 12.4 Å². The van der Waals surface area contributed by atoms with E-state index in [1.807, 2.05) is 0 Å². The summed E-state index contributed by atoms with van der Waals surface area (Å²) in [6.45, 7) is 0.370. The quantitative estimate of drug-likeness (QED) is 0.800. The predicted molar refractivity (Wildman–Crippen MR) is 76.8 cm³/mol. The summed E-state index contributed by atoms with van der Waals surface area (Å²) in [6, 6.07) is 0.528. The van der Waals surface area contributed by atoms with Crippen molar-refractivity contribution in [1.29, 1.82) is 0 Å². The van der Waals surface area contributed by atoms with Gasteiger partial charge in [-0.25, -0.2) is 0 Å². The van der Waals surface area contributed by atoms with E-state index in [9.17, 15) is 31.1 Å². The van der Waals surface area contributed by atoms with E-state index < -0.39 is 35.0 Å². The van der Waals surface area contributed by atoms with E-state index in [1.165, 1.54) is 4.90 Å². The van der Waals surface area contributed by atoms with Crippen molar-refractivity contribution < 1.29 is 31.1 Å². The average molecular weight is 377 g/mol. The van der Waals surface area contributed by atoms with E-state index in [0.717, 1.165) is 0 Å². The summed E-state index contributed by atoms with van der Waals surface area (Å²) >= 11 is 0. The number of alkyl halides is 6. The molecule has 0 aromatic heterocycles. The fraction of sp³-hybridized carbons (Fsp3) is 0.500. The summed E-state index contributed by atoms with van der Waals surface area (Å²) in [4.78, 5) is 13.5. The van der Waals surface area contributed by atoms with E-state index >= 15 is 0 Å². The Morgan fingerprint density at radius 1 is 1.08 bits per heavy atom. The first-order valence-electron chi connectivity index (χ1n) is 6.84. The molecule has 1 aliphatic rings. The van der Waals surface area contributed by atoms with E-state index in [2.05, 4.69) is 0 Å². The van der Waals surface area contributed by atoms with Crippen molar-refractivity contribution in [3.63, 3.8) is 0 Å². The molecule has 0 aliphatic carbocycles. The fourth-order valence-electron chi connectivity index (χ4n) is 2.59. The third kappa shape index (κ3) is 4.32. The maximum Gasteiger partial charge on any atom is 0.416 e. The van der Waals surface area contributed by atoms with Gasteiger partial charge in [0, 0.05) is 24.7 Å². The van der Waals surface area contributed by atoms with Gasteiger partial charge >= 0.3 is 12.4 Å². The van der Waals surface area contributed by atoms with Gasteiger partial charge in [-0.3, -0.25) is 4.79 Å². The van der Waals surface area contributed by atoms with E-state index in [1.54, 1.807) is 0 Å². The molecule has 1 atom stereocenters. The number of amides is 1. The van der Waals surface area contributed by atoms with Crippen molar-refractivity contribution in [2.45, 2.75) is 31.2 Å². The molecule has 0 bridgehead atoms. The molecule has 136 valence electrons. The Hall–Kier alpha value is -1.48. The van der Waals surface area contributed by atoms with Crippen molar-refractivity contribution in [2.24, 2.45) is 5.73 Å². The van der Waals surface area contributed by atoms with Gasteiger partial charge < -0.3 is 10.6 Å². The van der Waals surface area contributed by atoms with Crippen LogP contribution in [0.3, 0.4) is 0 Å². The summed E-state index contributed by atoms with van der Waals surface area (Å²) in [5, 5.41) is 0. The first kappa shape index (κ1) is 20.6. The highest BCUT2D eigenvalue weighted by Gasteiger charge is 2.38. The minimum atomic E-state index is -4.98. The summed E-state index contributed by atoms with van der Waals surface area (Å²) < 4.78 is 76.8. The van der Waals surface area contributed by atoms with Gasteiger partial charge in [-0.1, -0.05) is 0 Å². The van der Waals surface area contributed by atoms with Crippen LogP contribution in [0.15, 0.2) is 18.2 Å². The van der Waals surface area contributed by atoms with Crippen molar-refractivity contribution >= 4 is 18.3 Å². The highest BCUT2D eigenvalue weighted by molar-refractivity contribution is 5.95. The molecule has 1 aromatic rings. The van der Waals surface area contributed by atoms with Gasteiger partial charge in [-0.2, -0.15) is 26.3 Å². The lowest BCUT2D eigenvalue weighted by Crippen LogP contribution is -2.40. The largest absolute Gasteiger partial charge is 0.416 e. The number of benzene rings is 1. The molecule has 1 heterocycles. The van der Waals surface area contributed by atoms with Gasteiger partial charge in [0.15, 0.2) is 0 Å². The van der Waals surface area contributed by atoms with Crippen LogP contribution in [0.25, 0.3) is 0 Å². The SMILES string of the molecule is Cl.NCC1CCCN1C(=O)c1cc(C(F)(F)F)cc(C(F)(F)F)c1. The minimum Gasteiger partial charge on any atom is -0.334 e. The first-order chi connectivity index (χ1) is 10.5. The molecule has 2 N–H and O–H groups in total. The molecule has 24 heavy (non-hydrogen) atoms. The van der Waals surface area contributed by atoms with E-state index in [4.69, 9.17) is 5.73 Å². The smallest absolute Gasteiger partial charge is 0.334 e. The second-order valence-electron chi connectivity index (χ2n) is 5.32. The summed E-state index contributed by atoms with van der Waals surface area (Å²) in [7, 11) is 0. The van der Waals surface area contributed by atoms with Crippen LogP contribution < -0.4 is 5.73 Å². The number of hydrogen-bond acceptors (Lipinski definition) is 2. The molecule has 1 saturated heterocycles. The van der Waals surface area contributed by atoms with Crippen LogP contribution in [-0.2, 0) is 12.4 Å². The van der Waals surface area contributed by atoms with Crippen LogP contribution in [0.2, 0.25) is 0 Å². The Bertz CT molecular complexity index is 570. The number of hydrogen-bond donors (Lipinski definition) is 1. The molecule has 1 unspecified atom stereocenters. The van der Waals surface area contributed by atoms with Crippen LogP contribution in [0.1, 0.15) is 34.3 Å². The van der Waals surface area contributed by atoms with Crippen LogP contribution in [-0.4, -0.2) is 29.9 Å². The number of rotatable bonds is 2. The molecule has 0 spiro atoms. The van der Waals surface area contributed by atoms with Crippen LogP contribution in [0, 0.1) is 0 Å². The van der Waals surface area contributed by atoms with Crippen molar-refractivity contribution in [3.05, 3.63) is 34.9 Å². The maximum absolute atomic E-state index is 12.8. The summed E-state index contributed by atoms with van der Waals surface area (Å²) in [6.07, 6.45) is -8.77. The third-order valence-corrected chi connectivity index (χ3v) is 3.74. The first-order valence-corrected chi connectivity index (χ1v) is 6.84. The number of likely N-dealkylation sites (tertiary alicyclic amines) is 1. The van der Waals surface area contributed by atoms with Crippen molar-refractivity contribution in [3.8, 4) is 0 Å². The van der Waals surface area contributed by atoms with Crippen LogP contribution in [0.5, 0.6) is 0 Å². The minimum absolute atomic E-state index is 0. The molecule has 1 amide bonds. The molecule has 2 rings (SSSR count). The molecular weight excluding hydrogens is 362 g/mol. The van der Waals surface area contributed by atoms with Gasteiger partial charge in [0.25, 0.3) is 5.91 Å². The number of carbonyl (C=O) groups is 1. The lowest BCUT2D eigenvalue weighted by Gasteiger charge is -2.24. The highest BCUT2D eigenvalue weighted by Crippen LogP contribution is 2.36. The fourth-order valence-corrected chi connectivity index (χ4v) is 2.59. The number of nitrogens with two attached hydrogens (primary N) is 1. The Morgan fingerprint density at radius 2 is 1.58 bits per heavy atom. The second-order valence-corrected chi connectivity index (χ2v) is 5.32. The predicted octanol–water partition coefficient (Wildman–Crippen LogP) is 3.71. The van der Waals surface area contributed by atoms with Gasteiger partial charge in [0.05, 0.1) is 11.1 Å². The zero-order valence-corrected chi connectivity index (χ0v) is 13.1. The molecule has 3 nitrogen and oxygen atoms in total. The van der Waals surface area contributed by atoms with E-state index in [0.29, 0.717) is 25.0 Å². The van der Waals surface area contributed by atoms with Crippen molar-refractivity contribution in [2.75, 3.05) is 13.1 Å². The molecular formula is C14H15ClF6N2O. The van der Waals surface area contributed by atoms with Gasteiger partial charge in [-0.15, -0.1) is 12.4 Å². The maximum atomic E-state index is 12.8. The lowest BCUT2D eigenvalue weighted by atomic mass is 10.0. The molecule has 0 radical (unpaired) electrons. The molecule has 1 fully saturated rings. The number of halogens is 7. The standard InChI is InChI=1S/C14H14F6N2O.ClH/c15-13(16,17)9-4-8(5-10(6-9)14(18,19)20)12(23)22-3-1-2-11(22)7-21;/h4-6,11H,1-3,7,21H2;1H. The molecule has 1 aliphatic heterocycles. The van der Waals surface area contributed by atoms with E-state index in [-0.39, 0.29) is 37.6 Å². The Kier molecular flexibility index (Phi) is 6.15. The number of nitrogens with zero attached hydrogens (tertiary/aromatic N) is 1. The molecule has 10 heteroatoms. The monoisotopic (exact) mass is 376 g/mol. The Labute approximate surface area is 140 Å². The second kappa shape index (κ2) is 7.18. The zero-order valence-electron chi connectivity index (χ0n) is 12.2. The zero-order chi connectivity index (χ0) is 17.4. The normalized spacial score (nSPS) is 18.5. The lowest BCUT2D eigenvalue weighted by molar-refractivity contribution is -0.143. The van der Waals surface area contributed by atoms with Gasteiger partial charge in [0.2, 0.25) is 0 Å². The average Bonchev–Trinajstić information content (AvgIpc) is 2.92.